The van der Waals surface area contributed by atoms with Crippen molar-refractivity contribution in [3.05, 3.63) is 29.6 Å². The first-order chi connectivity index (χ1) is 6.74. The first-order valence-corrected chi connectivity index (χ1v) is 5.04. The van der Waals surface area contributed by atoms with Gasteiger partial charge < -0.3 is 5.32 Å². The summed E-state index contributed by atoms with van der Waals surface area (Å²) < 4.78 is 0. The summed E-state index contributed by atoms with van der Waals surface area (Å²) in [4.78, 5) is 15.5. The maximum Gasteiger partial charge on any atom is 0.251 e. The normalized spacial score (nSPS) is 9.86. The van der Waals surface area contributed by atoms with Crippen LogP contribution in [-0.2, 0) is 0 Å². The molecule has 0 aliphatic rings. The number of rotatable bonds is 4. The molecule has 1 amide bonds. The van der Waals surface area contributed by atoms with Gasteiger partial charge in [-0.25, -0.2) is 0 Å². The molecule has 1 aromatic rings. The summed E-state index contributed by atoms with van der Waals surface area (Å²) >= 11 is 5.49. The lowest BCUT2D eigenvalue weighted by molar-refractivity contribution is 0.0953. The van der Waals surface area contributed by atoms with Crippen LogP contribution in [0.5, 0.6) is 0 Å². The van der Waals surface area contributed by atoms with Gasteiger partial charge in [0, 0.05) is 29.9 Å². The molecule has 1 rings (SSSR count). The minimum absolute atomic E-state index is 0.0689. The molecule has 76 valence electrons. The van der Waals surface area contributed by atoms with Gasteiger partial charge in [0.05, 0.1) is 0 Å². The van der Waals surface area contributed by atoms with Crippen LogP contribution in [0.2, 0.25) is 0 Å². The van der Waals surface area contributed by atoms with Crippen LogP contribution in [0.15, 0.2) is 18.3 Å². The Morgan fingerprint density at radius 1 is 1.64 bits per heavy atom. The van der Waals surface area contributed by atoms with Crippen molar-refractivity contribution in [2.45, 2.75) is 13.3 Å². The highest BCUT2D eigenvalue weighted by atomic mass is 35.5. The molecule has 0 aliphatic carbocycles. The molecular formula is C10H13ClN2O. The SMILES string of the molecule is Cc1cc(C(=O)NCCCCl)ccn1. The number of nitrogens with one attached hydrogen (secondary N) is 1. The molecule has 0 aromatic carbocycles. The zero-order valence-electron chi connectivity index (χ0n) is 8.09. The van der Waals surface area contributed by atoms with Gasteiger partial charge in [-0.05, 0) is 25.5 Å². The van der Waals surface area contributed by atoms with E-state index in [2.05, 4.69) is 10.3 Å². The fourth-order valence-corrected chi connectivity index (χ4v) is 1.19. The Kier molecular flexibility index (Phi) is 4.40. The van der Waals surface area contributed by atoms with E-state index in [0.717, 1.165) is 12.1 Å². The van der Waals surface area contributed by atoms with Gasteiger partial charge in [-0.3, -0.25) is 9.78 Å². The number of carbonyl (C=O) groups excluding carboxylic acids is 1. The van der Waals surface area contributed by atoms with E-state index in [-0.39, 0.29) is 5.91 Å². The van der Waals surface area contributed by atoms with Gasteiger partial charge in [0.2, 0.25) is 0 Å². The van der Waals surface area contributed by atoms with E-state index in [1.807, 2.05) is 6.92 Å². The molecule has 0 bridgehead atoms. The Morgan fingerprint density at radius 2 is 2.43 bits per heavy atom. The molecule has 0 atom stereocenters. The molecule has 3 nitrogen and oxygen atoms in total. The Bertz CT molecular complexity index is 315. The van der Waals surface area contributed by atoms with Gasteiger partial charge in [-0.15, -0.1) is 11.6 Å². The minimum Gasteiger partial charge on any atom is -0.352 e. The molecule has 14 heavy (non-hydrogen) atoms. The van der Waals surface area contributed by atoms with Crippen LogP contribution in [0.25, 0.3) is 0 Å². The van der Waals surface area contributed by atoms with Crippen LogP contribution in [0.3, 0.4) is 0 Å². The van der Waals surface area contributed by atoms with Crippen molar-refractivity contribution in [3.8, 4) is 0 Å². The number of carbonyl (C=O) groups is 1. The Balaban J connectivity index is 2.52. The van der Waals surface area contributed by atoms with Crippen LogP contribution in [-0.4, -0.2) is 23.3 Å². The van der Waals surface area contributed by atoms with Crippen LogP contribution in [0.4, 0.5) is 0 Å². The van der Waals surface area contributed by atoms with Crippen molar-refractivity contribution in [1.82, 2.24) is 10.3 Å². The van der Waals surface area contributed by atoms with Crippen molar-refractivity contribution in [2.24, 2.45) is 0 Å². The second-order valence-corrected chi connectivity index (χ2v) is 3.36. The molecule has 0 saturated carbocycles. The Labute approximate surface area is 88.5 Å². The number of amides is 1. The number of halogens is 1. The zero-order valence-corrected chi connectivity index (χ0v) is 8.84. The van der Waals surface area contributed by atoms with Gasteiger partial charge in [0.25, 0.3) is 5.91 Å². The van der Waals surface area contributed by atoms with Crippen molar-refractivity contribution in [3.63, 3.8) is 0 Å². The number of aryl methyl sites for hydroxylation is 1. The number of pyridine rings is 1. The number of hydrogen-bond acceptors (Lipinski definition) is 2. The van der Waals surface area contributed by atoms with Crippen molar-refractivity contribution in [2.75, 3.05) is 12.4 Å². The summed E-state index contributed by atoms with van der Waals surface area (Å²) in [5, 5.41) is 2.78. The van der Waals surface area contributed by atoms with Crippen LogP contribution < -0.4 is 5.32 Å². The van der Waals surface area contributed by atoms with Gasteiger partial charge in [-0.1, -0.05) is 0 Å². The van der Waals surface area contributed by atoms with Gasteiger partial charge in [0.15, 0.2) is 0 Å². The lowest BCUT2D eigenvalue weighted by Crippen LogP contribution is -2.24. The monoisotopic (exact) mass is 212 g/mol. The fourth-order valence-electron chi connectivity index (χ4n) is 1.06. The average Bonchev–Trinajstić information content (AvgIpc) is 2.18. The summed E-state index contributed by atoms with van der Waals surface area (Å²) in [5.41, 5.74) is 1.49. The van der Waals surface area contributed by atoms with Crippen molar-refractivity contribution < 1.29 is 4.79 Å². The average molecular weight is 213 g/mol. The molecule has 0 saturated heterocycles. The maximum atomic E-state index is 11.5. The molecule has 1 N–H and O–H groups in total. The molecule has 0 radical (unpaired) electrons. The number of alkyl halides is 1. The molecule has 0 fully saturated rings. The smallest absolute Gasteiger partial charge is 0.251 e. The number of aromatic nitrogens is 1. The second kappa shape index (κ2) is 5.60. The molecule has 1 heterocycles. The third kappa shape index (κ3) is 3.34. The molecule has 4 heteroatoms. The van der Waals surface area contributed by atoms with Crippen LogP contribution in [0, 0.1) is 6.92 Å². The third-order valence-electron chi connectivity index (χ3n) is 1.75. The summed E-state index contributed by atoms with van der Waals surface area (Å²) in [5.74, 6) is 0.496. The highest BCUT2D eigenvalue weighted by Gasteiger charge is 2.03. The van der Waals surface area contributed by atoms with E-state index in [4.69, 9.17) is 11.6 Å². The highest BCUT2D eigenvalue weighted by molar-refractivity contribution is 6.17. The van der Waals surface area contributed by atoms with E-state index in [1.165, 1.54) is 0 Å². The quantitative estimate of drug-likeness (QED) is 0.610. The Morgan fingerprint density at radius 3 is 3.07 bits per heavy atom. The van der Waals surface area contributed by atoms with Gasteiger partial charge in [-0.2, -0.15) is 0 Å². The van der Waals surface area contributed by atoms with Crippen molar-refractivity contribution >= 4 is 17.5 Å². The maximum absolute atomic E-state index is 11.5. The summed E-state index contributed by atoms with van der Waals surface area (Å²) in [6.45, 7) is 2.47. The number of hydrogen-bond donors (Lipinski definition) is 1. The fraction of sp³-hybridized carbons (Fsp3) is 0.400. The van der Waals surface area contributed by atoms with E-state index >= 15 is 0 Å². The summed E-state index contributed by atoms with van der Waals surface area (Å²) in [6, 6.07) is 3.46. The molecule has 1 aromatic heterocycles. The molecule has 0 unspecified atom stereocenters. The van der Waals surface area contributed by atoms with Crippen LogP contribution in [0.1, 0.15) is 22.5 Å². The number of nitrogens with zero attached hydrogens (tertiary/aromatic N) is 1. The zero-order chi connectivity index (χ0) is 10.4. The highest BCUT2D eigenvalue weighted by Crippen LogP contribution is 2.00. The first-order valence-electron chi connectivity index (χ1n) is 4.51. The topological polar surface area (TPSA) is 42.0 Å². The predicted molar refractivity (Wildman–Crippen MR) is 56.6 cm³/mol. The van der Waals surface area contributed by atoms with E-state index in [9.17, 15) is 4.79 Å². The van der Waals surface area contributed by atoms with E-state index in [1.54, 1.807) is 18.3 Å². The lowest BCUT2D eigenvalue weighted by Gasteiger charge is -2.03. The van der Waals surface area contributed by atoms with Gasteiger partial charge in [0.1, 0.15) is 0 Å². The summed E-state index contributed by atoms with van der Waals surface area (Å²) in [6.07, 6.45) is 2.42. The summed E-state index contributed by atoms with van der Waals surface area (Å²) in [7, 11) is 0. The standard InChI is InChI=1S/C10H13ClN2O/c1-8-7-9(3-6-12-8)10(14)13-5-2-4-11/h3,6-7H,2,4-5H2,1H3,(H,13,14). The Hall–Kier alpha value is -1.09. The predicted octanol–water partition coefficient (Wildman–Crippen LogP) is 1.75. The lowest BCUT2D eigenvalue weighted by atomic mass is 10.2. The second-order valence-electron chi connectivity index (χ2n) is 2.98. The van der Waals surface area contributed by atoms with Crippen LogP contribution >= 0.6 is 11.6 Å². The van der Waals surface area contributed by atoms with Crippen molar-refractivity contribution in [1.29, 1.82) is 0 Å². The molecule has 0 aliphatic heterocycles. The van der Waals surface area contributed by atoms with E-state index in [0.29, 0.717) is 18.0 Å². The minimum atomic E-state index is -0.0689. The first kappa shape index (κ1) is 11.0. The molecular weight excluding hydrogens is 200 g/mol. The van der Waals surface area contributed by atoms with Gasteiger partial charge >= 0.3 is 0 Å². The van der Waals surface area contributed by atoms with E-state index < -0.39 is 0 Å². The largest absolute Gasteiger partial charge is 0.352 e. The molecule has 0 spiro atoms. The third-order valence-corrected chi connectivity index (χ3v) is 2.02.